The van der Waals surface area contributed by atoms with Crippen molar-refractivity contribution in [2.45, 2.75) is 0 Å². The number of nitrogens with zero attached hydrogens (tertiary/aromatic N) is 5. The molecule has 0 unspecified atom stereocenters. The van der Waals surface area contributed by atoms with Gasteiger partial charge in [-0.15, -0.1) is 0 Å². The number of benzene rings is 5. The molecule has 0 atom stereocenters. The van der Waals surface area contributed by atoms with Crippen molar-refractivity contribution < 1.29 is 0 Å². The summed E-state index contributed by atoms with van der Waals surface area (Å²) in [5, 5.41) is 2.37. The van der Waals surface area contributed by atoms with E-state index in [2.05, 4.69) is 83.3 Å². The summed E-state index contributed by atoms with van der Waals surface area (Å²) in [6.45, 7) is 0. The largest absolute Gasteiger partial charge is 0.292 e. The van der Waals surface area contributed by atoms with E-state index in [1.54, 1.807) is 0 Å². The number of hydrogen-bond donors (Lipinski definition) is 0. The molecule has 0 radical (unpaired) electrons. The molecule has 9 aromatic rings. The molecule has 5 heteroatoms. The molecule has 0 saturated carbocycles. The SMILES string of the molecule is c1ccc(-c2nc(-c3ccccc3)nc(-c3ccccc3-c3ccc4c(c3)c3c(-c5ccccc5)nc5cccc4n53)n2)cc1. The van der Waals surface area contributed by atoms with Crippen LogP contribution in [-0.2, 0) is 0 Å². The van der Waals surface area contributed by atoms with Crippen molar-refractivity contribution in [3.63, 3.8) is 0 Å². The average Bonchev–Trinajstić information content (AvgIpc) is 3.68. The van der Waals surface area contributed by atoms with Gasteiger partial charge in [0.2, 0.25) is 0 Å². The molecule has 0 spiro atoms. The van der Waals surface area contributed by atoms with Crippen molar-refractivity contribution in [3.8, 4) is 56.5 Å². The fraction of sp³-hybridized carbons (Fsp3) is 0. The molecular weight excluding hydrogens is 550 g/mol. The summed E-state index contributed by atoms with van der Waals surface area (Å²) in [5.41, 5.74) is 10.3. The first kappa shape index (κ1) is 25.3. The van der Waals surface area contributed by atoms with Gasteiger partial charge in [0.15, 0.2) is 17.5 Å². The maximum absolute atomic E-state index is 5.07. The Bertz CT molecular complexity index is 2410. The van der Waals surface area contributed by atoms with Gasteiger partial charge in [0, 0.05) is 33.0 Å². The quantitative estimate of drug-likeness (QED) is 0.205. The van der Waals surface area contributed by atoms with Gasteiger partial charge in [-0.05, 0) is 29.3 Å². The van der Waals surface area contributed by atoms with Gasteiger partial charge in [-0.25, -0.2) is 19.9 Å². The molecule has 5 nitrogen and oxygen atoms in total. The second-order valence-corrected chi connectivity index (χ2v) is 11.1. The van der Waals surface area contributed by atoms with Crippen LogP contribution in [-0.4, -0.2) is 24.3 Å². The summed E-state index contributed by atoms with van der Waals surface area (Å²) in [6, 6.07) is 52.1. The Hall–Kier alpha value is -6.20. The highest BCUT2D eigenvalue weighted by molar-refractivity contribution is 6.15. The van der Waals surface area contributed by atoms with E-state index in [0.717, 1.165) is 55.8 Å². The van der Waals surface area contributed by atoms with Crippen LogP contribution in [0, 0.1) is 0 Å². The molecule has 0 N–H and O–H groups in total. The monoisotopic (exact) mass is 575 g/mol. The second-order valence-electron chi connectivity index (χ2n) is 11.1. The van der Waals surface area contributed by atoms with E-state index in [1.807, 2.05) is 72.8 Å². The highest BCUT2D eigenvalue weighted by atomic mass is 15.0. The van der Waals surface area contributed by atoms with Gasteiger partial charge in [-0.3, -0.25) is 4.40 Å². The Balaban J connectivity index is 1.27. The maximum Gasteiger partial charge on any atom is 0.164 e. The number of fused-ring (bicyclic) bond motifs is 3. The zero-order chi connectivity index (χ0) is 29.7. The second kappa shape index (κ2) is 10.2. The number of imidazole rings is 1. The van der Waals surface area contributed by atoms with Crippen LogP contribution in [0.1, 0.15) is 0 Å². The van der Waals surface area contributed by atoms with Gasteiger partial charge in [0.25, 0.3) is 0 Å². The summed E-state index contributed by atoms with van der Waals surface area (Å²) < 4.78 is 2.28. The molecule has 5 aromatic carbocycles. The Morgan fingerprint density at radius 3 is 1.62 bits per heavy atom. The lowest BCUT2D eigenvalue weighted by atomic mass is 9.96. The zero-order valence-corrected chi connectivity index (χ0v) is 24.2. The van der Waals surface area contributed by atoms with E-state index in [4.69, 9.17) is 19.9 Å². The van der Waals surface area contributed by atoms with E-state index < -0.39 is 0 Å². The third-order valence-electron chi connectivity index (χ3n) is 8.42. The third-order valence-corrected chi connectivity index (χ3v) is 8.42. The molecule has 0 saturated heterocycles. The Kier molecular flexibility index (Phi) is 5.74. The van der Waals surface area contributed by atoms with Gasteiger partial charge in [0.05, 0.1) is 16.7 Å². The molecule has 0 bridgehead atoms. The zero-order valence-electron chi connectivity index (χ0n) is 24.2. The number of hydrogen-bond acceptors (Lipinski definition) is 4. The van der Waals surface area contributed by atoms with Crippen molar-refractivity contribution >= 4 is 27.5 Å². The molecule has 0 aliphatic carbocycles. The third kappa shape index (κ3) is 4.17. The molecule has 4 aromatic heterocycles. The molecule has 0 aliphatic rings. The topological polar surface area (TPSA) is 56.0 Å². The van der Waals surface area contributed by atoms with Crippen LogP contribution < -0.4 is 0 Å². The molecule has 0 amide bonds. The molecule has 0 aliphatic heterocycles. The van der Waals surface area contributed by atoms with Crippen molar-refractivity contribution in [1.29, 1.82) is 0 Å². The minimum atomic E-state index is 0.638. The number of aromatic nitrogens is 5. The molecule has 4 heterocycles. The summed E-state index contributed by atoms with van der Waals surface area (Å²) in [6.07, 6.45) is 0. The van der Waals surface area contributed by atoms with Gasteiger partial charge >= 0.3 is 0 Å². The Morgan fingerprint density at radius 1 is 0.378 bits per heavy atom. The Morgan fingerprint density at radius 2 is 0.956 bits per heavy atom. The summed E-state index contributed by atoms with van der Waals surface area (Å²) in [4.78, 5) is 20.0. The van der Waals surface area contributed by atoms with Gasteiger partial charge < -0.3 is 0 Å². The minimum Gasteiger partial charge on any atom is -0.292 e. The molecule has 45 heavy (non-hydrogen) atoms. The highest BCUT2D eigenvalue weighted by Gasteiger charge is 2.20. The fourth-order valence-corrected chi connectivity index (χ4v) is 6.34. The molecular formula is C40H25N5. The first-order valence-corrected chi connectivity index (χ1v) is 15.0. The van der Waals surface area contributed by atoms with E-state index in [0.29, 0.717) is 17.5 Å². The van der Waals surface area contributed by atoms with E-state index in [9.17, 15) is 0 Å². The van der Waals surface area contributed by atoms with Crippen LogP contribution in [0.2, 0.25) is 0 Å². The summed E-state index contributed by atoms with van der Waals surface area (Å²) in [5.74, 6) is 1.93. The number of rotatable bonds is 5. The van der Waals surface area contributed by atoms with Crippen LogP contribution in [0.25, 0.3) is 84.0 Å². The van der Waals surface area contributed by atoms with Crippen molar-refractivity contribution in [3.05, 3.63) is 152 Å². The van der Waals surface area contributed by atoms with Crippen LogP contribution in [0.4, 0.5) is 0 Å². The van der Waals surface area contributed by atoms with Gasteiger partial charge in [-0.2, -0.15) is 0 Å². The van der Waals surface area contributed by atoms with E-state index >= 15 is 0 Å². The predicted molar refractivity (Wildman–Crippen MR) is 182 cm³/mol. The van der Waals surface area contributed by atoms with Crippen molar-refractivity contribution in [2.75, 3.05) is 0 Å². The van der Waals surface area contributed by atoms with Gasteiger partial charge in [0.1, 0.15) is 5.65 Å². The van der Waals surface area contributed by atoms with Crippen molar-refractivity contribution in [2.24, 2.45) is 0 Å². The molecule has 9 rings (SSSR count). The van der Waals surface area contributed by atoms with Crippen LogP contribution in [0.3, 0.4) is 0 Å². The summed E-state index contributed by atoms with van der Waals surface area (Å²) >= 11 is 0. The highest BCUT2D eigenvalue weighted by Crippen LogP contribution is 2.40. The average molecular weight is 576 g/mol. The van der Waals surface area contributed by atoms with Crippen LogP contribution in [0.5, 0.6) is 0 Å². The maximum atomic E-state index is 5.07. The van der Waals surface area contributed by atoms with Crippen molar-refractivity contribution in [1.82, 2.24) is 24.3 Å². The lowest BCUT2D eigenvalue weighted by Crippen LogP contribution is -2.01. The summed E-state index contributed by atoms with van der Waals surface area (Å²) in [7, 11) is 0. The first-order valence-electron chi connectivity index (χ1n) is 15.0. The lowest BCUT2D eigenvalue weighted by Gasteiger charge is -2.12. The van der Waals surface area contributed by atoms with Crippen LogP contribution >= 0.6 is 0 Å². The minimum absolute atomic E-state index is 0.638. The normalized spacial score (nSPS) is 11.6. The standard InChI is InChI=1S/C40H25N5/c1-4-13-26(14-5-1)36-37-33-25-29(23-24-31(33)34-21-12-22-35(41-36)45(34)37)30-19-10-11-20-32(30)40-43-38(27-15-6-2-7-16-27)42-39(44-40)28-17-8-3-9-18-28/h1-25H. The fourth-order valence-electron chi connectivity index (χ4n) is 6.34. The Labute approximate surface area is 259 Å². The molecule has 0 fully saturated rings. The van der Waals surface area contributed by atoms with E-state index in [1.165, 1.54) is 10.8 Å². The smallest absolute Gasteiger partial charge is 0.164 e. The first-order chi connectivity index (χ1) is 22.3. The van der Waals surface area contributed by atoms with Crippen LogP contribution in [0.15, 0.2) is 152 Å². The predicted octanol–water partition coefficient (Wildman–Crippen LogP) is 9.60. The lowest BCUT2D eigenvalue weighted by molar-refractivity contribution is 1.07. The molecule has 210 valence electrons. The van der Waals surface area contributed by atoms with E-state index in [-0.39, 0.29) is 0 Å². The van der Waals surface area contributed by atoms with Gasteiger partial charge in [-0.1, -0.05) is 133 Å². The number of pyridine rings is 1.